The monoisotopic (exact) mass is 589 g/mol. The zero-order valence-electron chi connectivity index (χ0n) is 23.7. The molecular formula is C31H29F2N5O5. The minimum atomic E-state index is -2.96. The van der Waals surface area contributed by atoms with Gasteiger partial charge in [0, 0.05) is 40.5 Å². The third-order valence-corrected chi connectivity index (χ3v) is 6.40. The van der Waals surface area contributed by atoms with Gasteiger partial charge in [0.1, 0.15) is 23.9 Å². The lowest BCUT2D eigenvalue weighted by atomic mass is 9.95. The number of allylic oxidation sites excluding steroid dienone is 1. The van der Waals surface area contributed by atoms with Crippen molar-refractivity contribution in [2.75, 3.05) is 18.1 Å². The number of carbonyl (C=O) groups is 1. The Kier molecular flexibility index (Phi) is 8.68. The van der Waals surface area contributed by atoms with Gasteiger partial charge in [0.2, 0.25) is 5.88 Å². The first-order chi connectivity index (χ1) is 20.7. The number of alkyl carbamates (subject to hydrolysis) is 1. The van der Waals surface area contributed by atoms with Crippen LogP contribution in [0.2, 0.25) is 0 Å². The van der Waals surface area contributed by atoms with E-state index in [1.165, 1.54) is 12.1 Å². The molecule has 222 valence electrons. The van der Waals surface area contributed by atoms with Gasteiger partial charge in [-0.3, -0.25) is 9.58 Å². The average Bonchev–Trinajstić information content (AvgIpc) is 3.38. The lowest BCUT2D eigenvalue weighted by Gasteiger charge is -2.31. The number of nitrogens with one attached hydrogen (secondary N) is 1. The maximum absolute atomic E-state index is 12.7. The van der Waals surface area contributed by atoms with Crippen LogP contribution in [0.1, 0.15) is 31.9 Å². The van der Waals surface area contributed by atoms with Gasteiger partial charge in [-0.15, -0.1) is 0 Å². The Hall–Kier alpha value is -5.22. The molecule has 0 aliphatic carbocycles. The highest BCUT2D eigenvalue weighted by Crippen LogP contribution is 2.43. The van der Waals surface area contributed by atoms with E-state index >= 15 is 0 Å². The Labute approximate surface area is 246 Å². The minimum absolute atomic E-state index is 0.0205. The summed E-state index contributed by atoms with van der Waals surface area (Å²) < 4.78 is 42.5. The van der Waals surface area contributed by atoms with E-state index in [2.05, 4.69) is 26.1 Å². The van der Waals surface area contributed by atoms with Crippen molar-refractivity contribution in [2.45, 2.75) is 40.0 Å². The Morgan fingerprint density at radius 3 is 2.58 bits per heavy atom. The maximum atomic E-state index is 12.7. The summed E-state index contributed by atoms with van der Waals surface area (Å²) in [5.74, 6) is 2.83. The molecule has 0 fully saturated rings. The quantitative estimate of drug-likeness (QED) is 0.225. The predicted octanol–water partition coefficient (Wildman–Crippen LogP) is 5.97. The highest BCUT2D eigenvalue weighted by atomic mass is 19.3. The maximum Gasteiger partial charge on any atom is 0.407 e. The second kappa shape index (κ2) is 12.7. The molecule has 43 heavy (non-hydrogen) atoms. The third-order valence-electron chi connectivity index (χ3n) is 6.40. The SMILES string of the molecule is CCOc1ccc2c(n1)N(c1ccc(OC(F)F)cc1)C(=C=O)C(c1ccc3nn(CCOC(=O)NC(C)C)cc3c1)=C2. The first-order valence-corrected chi connectivity index (χ1v) is 13.6. The molecule has 0 spiro atoms. The van der Waals surface area contributed by atoms with Crippen LogP contribution in [0.25, 0.3) is 22.6 Å². The van der Waals surface area contributed by atoms with Gasteiger partial charge in [-0.1, -0.05) is 6.07 Å². The summed E-state index contributed by atoms with van der Waals surface area (Å²) in [7, 11) is 0. The molecule has 5 rings (SSSR count). The lowest BCUT2D eigenvalue weighted by molar-refractivity contribution is -0.0498. The number of ether oxygens (including phenoxy) is 3. The minimum Gasteiger partial charge on any atom is -0.478 e. The first kappa shape index (κ1) is 29.3. The summed E-state index contributed by atoms with van der Waals surface area (Å²) in [5.41, 5.74) is 3.39. The summed E-state index contributed by atoms with van der Waals surface area (Å²) in [4.78, 5) is 30.6. The zero-order chi connectivity index (χ0) is 30.5. The van der Waals surface area contributed by atoms with Gasteiger partial charge in [-0.2, -0.15) is 18.9 Å². The second-order valence-electron chi connectivity index (χ2n) is 9.81. The number of carbonyl (C=O) groups excluding carboxylic acids is 2. The Morgan fingerprint density at radius 2 is 1.88 bits per heavy atom. The number of aromatic nitrogens is 3. The van der Waals surface area contributed by atoms with Gasteiger partial charge in [0.25, 0.3) is 0 Å². The Bertz CT molecular complexity index is 1710. The first-order valence-electron chi connectivity index (χ1n) is 13.6. The number of benzene rings is 2. The van der Waals surface area contributed by atoms with Gasteiger partial charge in [0.15, 0.2) is 5.94 Å². The molecule has 1 aliphatic rings. The second-order valence-corrected chi connectivity index (χ2v) is 9.81. The molecular weight excluding hydrogens is 560 g/mol. The highest BCUT2D eigenvalue weighted by Gasteiger charge is 2.29. The number of fused-ring (bicyclic) bond motifs is 2. The normalized spacial score (nSPS) is 12.7. The van der Waals surface area contributed by atoms with E-state index in [1.54, 1.807) is 27.8 Å². The van der Waals surface area contributed by atoms with Crippen LogP contribution in [-0.4, -0.2) is 52.7 Å². The van der Waals surface area contributed by atoms with Crippen LogP contribution in [-0.2, 0) is 16.1 Å². The molecule has 2 aromatic carbocycles. The molecule has 0 bridgehead atoms. The van der Waals surface area contributed by atoms with Crippen LogP contribution in [0, 0.1) is 0 Å². The zero-order valence-corrected chi connectivity index (χ0v) is 23.7. The number of hydrogen-bond donors (Lipinski definition) is 1. The van der Waals surface area contributed by atoms with Crippen molar-refractivity contribution in [2.24, 2.45) is 0 Å². The molecule has 1 N–H and O–H groups in total. The van der Waals surface area contributed by atoms with Gasteiger partial charge in [-0.25, -0.2) is 9.59 Å². The summed E-state index contributed by atoms with van der Waals surface area (Å²) in [6, 6.07) is 15.0. The number of alkyl halides is 2. The molecule has 0 atom stereocenters. The molecule has 3 heterocycles. The van der Waals surface area contributed by atoms with Gasteiger partial charge >= 0.3 is 12.7 Å². The summed E-state index contributed by atoms with van der Waals surface area (Å²) in [6.07, 6.45) is 3.19. The van der Waals surface area contributed by atoms with Crippen LogP contribution in [0.4, 0.5) is 25.1 Å². The third kappa shape index (κ3) is 6.65. The number of rotatable bonds is 10. The van der Waals surface area contributed by atoms with E-state index < -0.39 is 12.7 Å². The predicted molar refractivity (Wildman–Crippen MR) is 157 cm³/mol. The lowest BCUT2D eigenvalue weighted by Crippen LogP contribution is -2.31. The van der Waals surface area contributed by atoms with E-state index in [-0.39, 0.29) is 24.1 Å². The number of nitrogens with zero attached hydrogens (tertiary/aromatic N) is 4. The van der Waals surface area contributed by atoms with Crippen LogP contribution >= 0.6 is 0 Å². The van der Waals surface area contributed by atoms with Crippen molar-refractivity contribution < 1.29 is 32.6 Å². The fourth-order valence-electron chi connectivity index (χ4n) is 4.63. The molecule has 0 radical (unpaired) electrons. The van der Waals surface area contributed by atoms with E-state index in [1.807, 2.05) is 57.3 Å². The fraction of sp³-hybridized carbons (Fsp3) is 0.258. The van der Waals surface area contributed by atoms with E-state index in [0.29, 0.717) is 41.7 Å². The van der Waals surface area contributed by atoms with E-state index in [0.717, 1.165) is 16.5 Å². The Morgan fingerprint density at radius 1 is 1.09 bits per heavy atom. The van der Waals surface area contributed by atoms with Gasteiger partial charge < -0.3 is 19.5 Å². The molecule has 10 nitrogen and oxygen atoms in total. The number of amides is 1. The van der Waals surface area contributed by atoms with Crippen LogP contribution in [0.15, 0.2) is 66.5 Å². The van der Waals surface area contributed by atoms with Crippen molar-refractivity contribution in [3.63, 3.8) is 0 Å². The average molecular weight is 590 g/mol. The number of pyridine rings is 1. The number of halogens is 2. The number of hydrogen-bond acceptors (Lipinski definition) is 8. The van der Waals surface area contributed by atoms with Crippen molar-refractivity contribution in [3.8, 4) is 11.6 Å². The van der Waals surface area contributed by atoms with Gasteiger partial charge in [0.05, 0.1) is 18.7 Å². The largest absolute Gasteiger partial charge is 0.478 e. The van der Waals surface area contributed by atoms with E-state index in [9.17, 15) is 18.4 Å². The van der Waals surface area contributed by atoms with Crippen LogP contribution in [0.5, 0.6) is 11.6 Å². The molecule has 0 saturated heterocycles. The molecule has 1 amide bonds. The standard InChI is InChI=1S/C31H29F2N5O5/c1-4-41-28-12-6-21-16-25(27(18-39)38(29(21)35-28)23-7-9-24(10-8-23)43-30(32)33)20-5-11-26-22(15-20)17-37(36-26)13-14-42-31(40)34-19(2)3/h5-12,15-17,19,30H,4,13-14H2,1-3H3,(H,34,40). The van der Waals surface area contributed by atoms with Crippen molar-refractivity contribution in [3.05, 3.63) is 77.6 Å². The molecule has 2 aromatic heterocycles. The Balaban J connectivity index is 1.49. The van der Waals surface area contributed by atoms with Crippen LogP contribution in [0.3, 0.4) is 0 Å². The summed E-state index contributed by atoms with van der Waals surface area (Å²) >= 11 is 0. The summed E-state index contributed by atoms with van der Waals surface area (Å²) in [5, 5.41) is 8.03. The van der Waals surface area contributed by atoms with Crippen molar-refractivity contribution in [1.29, 1.82) is 0 Å². The van der Waals surface area contributed by atoms with Crippen molar-refractivity contribution >= 4 is 46.1 Å². The molecule has 12 heteroatoms. The number of anilines is 2. The topological polar surface area (TPSA) is 108 Å². The van der Waals surface area contributed by atoms with Crippen LogP contribution < -0.4 is 19.7 Å². The van der Waals surface area contributed by atoms with Gasteiger partial charge in [-0.05, 0) is 74.9 Å². The summed E-state index contributed by atoms with van der Waals surface area (Å²) in [6.45, 7) is 3.47. The smallest absolute Gasteiger partial charge is 0.407 e. The molecule has 0 unspecified atom stereocenters. The van der Waals surface area contributed by atoms with E-state index in [4.69, 9.17) is 9.47 Å². The molecule has 0 saturated carbocycles. The van der Waals surface area contributed by atoms with Crippen molar-refractivity contribution in [1.82, 2.24) is 20.1 Å². The fourth-order valence-corrected chi connectivity index (χ4v) is 4.63. The molecule has 4 aromatic rings. The molecule has 1 aliphatic heterocycles. The highest BCUT2D eigenvalue weighted by molar-refractivity contribution is 6.06.